The van der Waals surface area contributed by atoms with Gasteiger partial charge >= 0.3 is 0 Å². The monoisotopic (exact) mass is 365 g/mol. The molecule has 0 radical (unpaired) electrons. The summed E-state index contributed by atoms with van der Waals surface area (Å²) in [5.74, 6) is 0.742. The minimum atomic E-state index is -0.0977. The minimum Gasteiger partial charge on any atom is -0.497 e. The van der Waals surface area contributed by atoms with Crippen molar-refractivity contribution in [3.63, 3.8) is 0 Å². The quantitative estimate of drug-likeness (QED) is 0.612. The highest BCUT2D eigenvalue weighted by Crippen LogP contribution is 2.31. The molecule has 0 aliphatic heterocycles. The Hall–Kier alpha value is -2.82. The Labute approximate surface area is 160 Å². The maximum absolute atomic E-state index is 12.6. The van der Waals surface area contributed by atoms with Gasteiger partial charge in [0.1, 0.15) is 11.4 Å². The number of pyridine rings is 1. The second-order valence-electron chi connectivity index (χ2n) is 6.85. The lowest BCUT2D eigenvalue weighted by molar-refractivity contribution is -0.121. The van der Waals surface area contributed by atoms with Gasteiger partial charge in [0.2, 0.25) is 5.91 Å². The van der Waals surface area contributed by atoms with Crippen LogP contribution < -0.4 is 10.1 Å². The van der Waals surface area contributed by atoms with E-state index in [1.54, 1.807) is 7.11 Å². The molecule has 1 atom stereocenters. The number of methoxy groups -OCH3 is 1. The molecule has 0 spiro atoms. The van der Waals surface area contributed by atoms with E-state index >= 15 is 0 Å². The van der Waals surface area contributed by atoms with Crippen LogP contribution in [0.5, 0.6) is 5.75 Å². The van der Waals surface area contributed by atoms with Gasteiger partial charge in [-0.15, -0.1) is 0 Å². The largest absolute Gasteiger partial charge is 0.497 e. The standard InChI is InChI=1S/C22H27N3O2/c1-4-5-10-23-22(26)14-19(17-7-6-8-18(13-17)27-3)20-15-24-21-12-16(2)9-11-25(20)21/h6-9,11-13,15,19H,4-5,10,14H2,1-3H3,(H,23,26)/t19-/m1/s1. The number of aromatic nitrogens is 2. The molecule has 0 aliphatic rings. The van der Waals surface area contributed by atoms with Crippen LogP contribution in [0.15, 0.2) is 48.8 Å². The number of fused-ring (bicyclic) bond motifs is 1. The third-order valence-corrected chi connectivity index (χ3v) is 4.79. The number of amides is 1. The first-order chi connectivity index (χ1) is 13.1. The van der Waals surface area contributed by atoms with Crippen molar-refractivity contribution in [1.29, 1.82) is 0 Å². The molecule has 3 aromatic rings. The summed E-state index contributed by atoms with van der Waals surface area (Å²) < 4.78 is 7.45. The van der Waals surface area contributed by atoms with E-state index in [-0.39, 0.29) is 11.8 Å². The molecule has 27 heavy (non-hydrogen) atoms. The van der Waals surface area contributed by atoms with Gasteiger partial charge in [-0.3, -0.25) is 4.79 Å². The Kier molecular flexibility index (Phi) is 6.12. The molecule has 5 nitrogen and oxygen atoms in total. The molecular weight excluding hydrogens is 338 g/mol. The maximum atomic E-state index is 12.6. The molecule has 0 fully saturated rings. The van der Waals surface area contributed by atoms with E-state index in [2.05, 4.69) is 34.6 Å². The predicted molar refractivity (Wildman–Crippen MR) is 107 cm³/mol. The van der Waals surface area contributed by atoms with Crippen LogP contribution in [0.2, 0.25) is 0 Å². The number of aryl methyl sites for hydroxylation is 1. The first-order valence-corrected chi connectivity index (χ1v) is 9.46. The zero-order valence-electron chi connectivity index (χ0n) is 16.2. The molecule has 2 heterocycles. The second kappa shape index (κ2) is 8.71. The van der Waals surface area contributed by atoms with Crippen molar-refractivity contribution in [1.82, 2.24) is 14.7 Å². The molecule has 142 valence electrons. The number of imidazole rings is 1. The van der Waals surface area contributed by atoms with Crippen LogP contribution in [0.4, 0.5) is 0 Å². The smallest absolute Gasteiger partial charge is 0.221 e. The molecule has 0 saturated heterocycles. The second-order valence-corrected chi connectivity index (χ2v) is 6.85. The van der Waals surface area contributed by atoms with Gasteiger partial charge < -0.3 is 14.5 Å². The fraction of sp³-hybridized carbons (Fsp3) is 0.364. The average molecular weight is 365 g/mol. The van der Waals surface area contributed by atoms with E-state index < -0.39 is 0 Å². The highest BCUT2D eigenvalue weighted by molar-refractivity contribution is 5.77. The van der Waals surface area contributed by atoms with E-state index in [1.165, 1.54) is 0 Å². The van der Waals surface area contributed by atoms with Crippen LogP contribution >= 0.6 is 0 Å². The van der Waals surface area contributed by atoms with Crippen LogP contribution in [0, 0.1) is 6.92 Å². The number of benzene rings is 1. The summed E-state index contributed by atoms with van der Waals surface area (Å²) in [6.45, 7) is 4.88. The van der Waals surface area contributed by atoms with Crippen molar-refractivity contribution in [3.05, 3.63) is 65.6 Å². The Morgan fingerprint density at radius 1 is 1.30 bits per heavy atom. The van der Waals surface area contributed by atoms with Gasteiger partial charge in [0.05, 0.1) is 12.8 Å². The van der Waals surface area contributed by atoms with Gasteiger partial charge in [-0.25, -0.2) is 4.98 Å². The van der Waals surface area contributed by atoms with Crippen LogP contribution in [-0.4, -0.2) is 28.9 Å². The summed E-state index contributed by atoms with van der Waals surface area (Å²) in [5, 5.41) is 3.03. The molecule has 0 unspecified atom stereocenters. The fourth-order valence-electron chi connectivity index (χ4n) is 3.27. The molecule has 1 aromatic carbocycles. The van der Waals surface area contributed by atoms with Crippen LogP contribution in [0.25, 0.3) is 5.65 Å². The number of carbonyl (C=O) groups is 1. The van der Waals surface area contributed by atoms with Crippen LogP contribution in [0.1, 0.15) is 48.9 Å². The number of nitrogens with one attached hydrogen (secondary N) is 1. The van der Waals surface area contributed by atoms with Gasteiger partial charge in [-0.2, -0.15) is 0 Å². The van der Waals surface area contributed by atoms with E-state index in [1.807, 2.05) is 42.7 Å². The first kappa shape index (κ1) is 19.0. The van der Waals surface area contributed by atoms with Gasteiger partial charge in [0.25, 0.3) is 0 Å². The summed E-state index contributed by atoms with van der Waals surface area (Å²) in [7, 11) is 1.66. The summed E-state index contributed by atoms with van der Waals surface area (Å²) in [4.78, 5) is 17.1. The van der Waals surface area contributed by atoms with Gasteiger partial charge in [0.15, 0.2) is 0 Å². The molecule has 0 aliphatic carbocycles. The topological polar surface area (TPSA) is 55.6 Å². The van der Waals surface area contributed by atoms with Crippen LogP contribution in [0.3, 0.4) is 0 Å². The molecular formula is C22H27N3O2. The molecule has 1 N–H and O–H groups in total. The van der Waals surface area contributed by atoms with Gasteiger partial charge in [0, 0.05) is 31.3 Å². The molecule has 0 bridgehead atoms. The van der Waals surface area contributed by atoms with Gasteiger partial charge in [-0.05, 0) is 48.7 Å². The molecule has 0 saturated carbocycles. The Balaban J connectivity index is 1.96. The van der Waals surface area contributed by atoms with Crippen molar-refractivity contribution >= 4 is 11.6 Å². The van der Waals surface area contributed by atoms with E-state index in [4.69, 9.17) is 4.74 Å². The van der Waals surface area contributed by atoms with Crippen molar-refractivity contribution in [2.45, 2.75) is 39.0 Å². The van der Waals surface area contributed by atoms with E-state index in [9.17, 15) is 4.79 Å². The summed E-state index contributed by atoms with van der Waals surface area (Å²) in [6, 6.07) is 12.0. The van der Waals surface area contributed by atoms with Crippen LogP contribution in [-0.2, 0) is 4.79 Å². The summed E-state index contributed by atoms with van der Waals surface area (Å²) in [6.07, 6.45) is 6.32. The van der Waals surface area contributed by atoms with Crippen molar-refractivity contribution in [2.75, 3.05) is 13.7 Å². The zero-order chi connectivity index (χ0) is 19.2. The molecule has 5 heteroatoms. The van der Waals surface area contributed by atoms with Crippen molar-refractivity contribution < 1.29 is 9.53 Å². The Morgan fingerprint density at radius 3 is 2.93 bits per heavy atom. The predicted octanol–water partition coefficient (Wildman–Crippen LogP) is 4.09. The zero-order valence-corrected chi connectivity index (χ0v) is 16.2. The molecule has 2 aromatic heterocycles. The normalized spacial score (nSPS) is 12.1. The number of hydrogen-bond donors (Lipinski definition) is 1. The fourth-order valence-corrected chi connectivity index (χ4v) is 3.27. The SMILES string of the molecule is CCCCNC(=O)C[C@H](c1cccc(OC)c1)c1cnc2cc(C)ccn12. The summed E-state index contributed by atoms with van der Waals surface area (Å²) >= 11 is 0. The van der Waals surface area contributed by atoms with Crippen molar-refractivity contribution in [2.24, 2.45) is 0 Å². The number of carbonyl (C=O) groups excluding carboxylic acids is 1. The highest BCUT2D eigenvalue weighted by atomic mass is 16.5. The number of nitrogens with zero attached hydrogens (tertiary/aromatic N) is 2. The Bertz CT molecular complexity index is 917. The van der Waals surface area contributed by atoms with E-state index in [0.717, 1.165) is 41.1 Å². The van der Waals surface area contributed by atoms with Gasteiger partial charge in [-0.1, -0.05) is 25.5 Å². The number of unbranched alkanes of at least 4 members (excludes halogenated alkanes) is 1. The lowest BCUT2D eigenvalue weighted by Gasteiger charge is -2.18. The first-order valence-electron chi connectivity index (χ1n) is 9.46. The minimum absolute atomic E-state index is 0.0540. The summed E-state index contributed by atoms with van der Waals surface area (Å²) in [5.41, 5.74) is 4.10. The third-order valence-electron chi connectivity index (χ3n) is 4.79. The van der Waals surface area contributed by atoms with Crippen molar-refractivity contribution in [3.8, 4) is 5.75 Å². The lowest BCUT2D eigenvalue weighted by Crippen LogP contribution is -2.26. The Morgan fingerprint density at radius 2 is 2.15 bits per heavy atom. The number of ether oxygens (including phenoxy) is 1. The number of rotatable bonds is 8. The number of hydrogen-bond acceptors (Lipinski definition) is 3. The molecule has 1 amide bonds. The average Bonchev–Trinajstić information content (AvgIpc) is 3.09. The lowest BCUT2D eigenvalue weighted by atomic mass is 9.92. The van der Waals surface area contributed by atoms with E-state index in [0.29, 0.717) is 13.0 Å². The third kappa shape index (κ3) is 4.48. The highest BCUT2D eigenvalue weighted by Gasteiger charge is 2.22. The maximum Gasteiger partial charge on any atom is 0.221 e. The molecule has 3 rings (SSSR count).